The number of aromatic nitrogens is 2. The number of pyridine rings is 1. The Morgan fingerprint density at radius 2 is 1.38 bits per heavy atom. The molecule has 0 unspecified atom stereocenters. The number of fused-ring (bicyclic) bond motifs is 10. The normalized spacial score (nSPS) is 17.4. The molecule has 0 bridgehead atoms. The van der Waals surface area contributed by atoms with Crippen LogP contribution in [0.3, 0.4) is 0 Å². The van der Waals surface area contributed by atoms with E-state index in [1.54, 1.807) is 0 Å². The third kappa shape index (κ3) is 3.66. The maximum Gasteiger partial charge on any atom is 0.0730 e. The van der Waals surface area contributed by atoms with Crippen LogP contribution in [0.4, 0.5) is 0 Å². The van der Waals surface area contributed by atoms with Crippen LogP contribution < -0.4 is 0 Å². The zero-order chi connectivity index (χ0) is 32.9. The van der Waals surface area contributed by atoms with Crippen molar-refractivity contribution in [1.29, 1.82) is 0 Å². The largest absolute Gasteiger partial charge is 0.308 e. The first-order chi connectivity index (χ1) is 23.3. The predicted octanol–water partition coefficient (Wildman–Crippen LogP) is 12.1. The lowest BCUT2D eigenvalue weighted by Gasteiger charge is -2.24. The van der Waals surface area contributed by atoms with Gasteiger partial charge >= 0.3 is 0 Å². The lowest BCUT2D eigenvalue weighted by molar-refractivity contribution is 0.653. The molecule has 0 fully saturated rings. The summed E-state index contributed by atoms with van der Waals surface area (Å²) in [5.74, 6) is 0. The Bertz CT molecular complexity index is 2570. The third-order valence-electron chi connectivity index (χ3n) is 11.1. The molecule has 0 amide bonds. The van der Waals surface area contributed by atoms with Gasteiger partial charge in [0.2, 0.25) is 0 Å². The molecule has 232 valence electrons. The molecule has 0 radical (unpaired) electrons. The van der Waals surface area contributed by atoms with Crippen molar-refractivity contribution in [1.82, 2.24) is 9.55 Å². The van der Waals surface area contributed by atoms with Crippen LogP contribution in [0.5, 0.6) is 0 Å². The summed E-state index contributed by atoms with van der Waals surface area (Å²) < 4.78 is 2.48. The van der Waals surface area contributed by atoms with Crippen molar-refractivity contribution < 1.29 is 0 Å². The molecule has 0 spiro atoms. The van der Waals surface area contributed by atoms with E-state index in [0.29, 0.717) is 0 Å². The highest BCUT2D eigenvalue weighted by Gasteiger charge is 2.45. The van der Waals surface area contributed by atoms with Gasteiger partial charge in [-0.05, 0) is 75.7 Å². The smallest absolute Gasteiger partial charge is 0.0730 e. The minimum Gasteiger partial charge on any atom is -0.308 e. The number of nitrogens with zero attached hydrogens (tertiary/aromatic N) is 2. The van der Waals surface area contributed by atoms with Crippen LogP contribution in [0.1, 0.15) is 56.9 Å². The zero-order valence-corrected chi connectivity index (χ0v) is 28.2. The van der Waals surface area contributed by atoms with Crippen LogP contribution in [0.15, 0.2) is 140 Å². The summed E-state index contributed by atoms with van der Waals surface area (Å²) in [6, 6.07) is 39.9. The van der Waals surface area contributed by atoms with Gasteiger partial charge in [-0.3, -0.25) is 0 Å². The van der Waals surface area contributed by atoms with Crippen LogP contribution in [0.25, 0.3) is 66.4 Å². The SMILES string of the molecule is C=CC=C1/C(=C\C)c2c(ccc3c2-c2ccc4c(c2C3(C)C)c2ccccc2n4-c2cc(-c3ccccc3)nc3ccccc23)C1(C)C. The molecule has 2 heteroatoms. The highest BCUT2D eigenvalue weighted by Crippen LogP contribution is 2.60. The van der Waals surface area contributed by atoms with Gasteiger partial charge in [-0.15, -0.1) is 0 Å². The van der Waals surface area contributed by atoms with Crippen molar-refractivity contribution in [3.05, 3.63) is 162 Å². The molecule has 9 rings (SSSR count). The van der Waals surface area contributed by atoms with E-state index in [1.165, 1.54) is 66.3 Å². The van der Waals surface area contributed by atoms with Gasteiger partial charge in [-0.1, -0.05) is 137 Å². The van der Waals surface area contributed by atoms with Crippen molar-refractivity contribution in [2.45, 2.75) is 45.4 Å². The monoisotopic (exact) mass is 618 g/mol. The molecular formula is C46H38N2. The number of hydrogen-bond acceptors (Lipinski definition) is 1. The molecule has 2 aliphatic carbocycles. The van der Waals surface area contributed by atoms with Gasteiger partial charge in [0, 0.05) is 32.6 Å². The molecular weight excluding hydrogens is 581 g/mol. The minimum atomic E-state index is -0.197. The first-order valence-corrected chi connectivity index (χ1v) is 17.0. The van der Waals surface area contributed by atoms with Gasteiger partial charge in [-0.2, -0.15) is 0 Å². The summed E-state index contributed by atoms with van der Waals surface area (Å²) >= 11 is 0. The fourth-order valence-corrected chi connectivity index (χ4v) is 8.95. The van der Waals surface area contributed by atoms with Crippen molar-refractivity contribution >= 4 is 38.3 Å². The number of benzene rings is 5. The summed E-state index contributed by atoms with van der Waals surface area (Å²) in [6.07, 6.45) is 6.45. The fraction of sp³-hybridized carbons (Fsp3) is 0.152. The van der Waals surface area contributed by atoms with E-state index in [9.17, 15) is 0 Å². The number of allylic oxidation sites excluding steroid dienone is 5. The van der Waals surface area contributed by atoms with E-state index >= 15 is 0 Å². The molecule has 2 aromatic heterocycles. The highest BCUT2D eigenvalue weighted by atomic mass is 15.0. The summed E-state index contributed by atoms with van der Waals surface area (Å²) in [6.45, 7) is 15.8. The Hall–Kier alpha value is -5.47. The second-order valence-electron chi connectivity index (χ2n) is 14.3. The summed E-state index contributed by atoms with van der Waals surface area (Å²) in [4.78, 5) is 5.13. The lowest BCUT2D eigenvalue weighted by Crippen LogP contribution is -2.17. The molecule has 48 heavy (non-hydrogen) atoms. The van der Waals surface area contributed by atoms with E-state index in [0.717, 1.165) is 27.8 Å². The molecule has 0 atom stereocenters. The van der Waals surface area contributed by atoms with Crippen molar-refractivity contribution in [2.24, 2.45) is 0 Å². The molecule has 0 N–H and O–H groups in total. The average Bonchev–Trinajstić information content (AvgIpc) is 3.64. The van der Waals surface area contributed by atoms with Crippen molar-refractivity contribution in [2.75, 3.05) is 0 Å². The summed E-state index contributed by atoms with van der Waals surface area (Å²) in [7, 11) is 0. The van der Waals surface area contributed by atoms with E-state index in [1.807, 2.05) is 6.08 Å². The van der Waals surface area contributed by atoms with Crippen LogP contribution in [-0.2, 0) is 10.8 Å². The van der Waals surface area contributed by atoms with E-state index in [-0.39, 0.29) is 10.8 Å². The zero-order valence-electron chi connectivity index (χ0n) is 28.2. The van der Waals surface area contributed by atoms with E-state index in [4.69, 9.17) is 4.98 Å². The van der Waals surface area contributed by atoms with Crippen molar-refractivity contribution in [3.63, 3.8) is 0 Å². The molecule has 0 saturated heterocycles. The molecule has 0 saturated carbocycles. The molecule has 2 heterocycles. The number of rotatable bonds is 3. The second-order valence-corrected chi connectivity index (χ2v) is 14.3. The van der Waals surface area contributed by atoms with Crippen LogP contribution >= 0.6 is 0 Å². The summed E-state index contributed by atoms with van der Waals surface area (Å²) in [5, 5.41) is 3.76. The van der Waals surface area contributed by atoms with E-state index in [2.05, 4.69) is 167 Å². The highest BCUT2D eigenvalue weighted by molar-refractivity contribution is 6.16. The molecule has 0 aliphatic heterocycles. The Morgan fingerprint density at radius 1 is 0.688 bits per heavy atom. The lowest BCUT2D eigenvalue weighted by atomic mass is 9.78. The Labute approximate surface area is 282 Å². The minimum absolute atomic E-state index is 0.105. The van der Waals surface area contributed by atoms with Gasteiger partial charge < -0.3 is 4.57 Å². The quantitative estimate of drug-likeness (QED) is 0.193. The first kappa shape index (κ1) is 28.7. The maximum absolute atomic E-state index is 5.13. The topological polar surface area (TPSA) is 17.8 Å². The molecule has 2 aliphatic rings. The second kappa shape index (κ2) is 10.0. The Balaban J connectivity index is 1.40. The maximum atomic E-state index is 5.13. The predicted molar refractivity (Wildman–Crippen MR) is 204 cm³/mol. The molecule has 2 nitrogen and oxygen atoms in total. The van der Waals surface area contributed by atoms with Crippen molar-refractivity contribution in [3.8, 4) is 28.1 Å². The molecule has 7 aromatic rings. The Morgan fingerprint density at radius 3 is 2.12 bits per heavy atom. The number of para-hydroxylation sites is 2. The first-order valence-electron chi connectivity index (χ1n) is 17.0. The van der Waals surface area contributed by atoms with E-state index < -0.39 is 0 Å². The van der Waals surface area contributed by atoms with Gasteiger partial charge in [-0.25, -0.2) is 4.98 Å². The standard InChI is InChI=1S/C46H38N2/c1-7-16-33-29(8-2)41-34(45(33,3)4)24-25-35-42(41)32-23-26-39-43(44(32)46(35,5)6)31-20-13-15-22-38(31)48(39)40-27-37(28-17-10-9-11-18-28)47-36-21-14-12-19-30(36)40/h7-27H,1H2,2-6H3/b29-8+,33-16?. The number of hydrogen-bond donors (Lipinski definition) is 0. The van der Waals surface area contributed by atoms with Gasteiger partial charge in [0.1, 0.15) is 0 Å². The Kier molecular flexibility index (Phi) is 5.99. The fourth-order valence-electron chi connectivity index (χ4n) is 8.95. The third-order valence-corrected chi connectivity index (χ3v) is 11.1. The van der Waals surface area contributed by atoms with Gasteiger partial charge in [0.25, 0.3) is 0 Å². The summed E-state index contributed by atoms with van der Waals surface area (Å²) in [5.41, 5.74) is 17.4. The van der Waals surface area contributed by atoms with Crippen LogP contribution in [0.2, 0.25) is 0 Å². The molecule has 5 aromatic carbocycles. The van der Waals surface area contributed by atoms with Gasteiger partial charge in [0.15, 0.2) is 0 Å². The van der Waals surface area contributed by atoms with Crippen LogP contribution in [0, 0.1) is 0 Å². The average molecular weight is 619 g/mol. The van der Waals surface area contributed by atoms with Crippen LogP contribution in [-0.4, -0.2) is 9.55 Å². The van der Waals surface area contributed by atoms with Gasteiger partial charge in [0.05, 0.1) is 27.9 Å².